The lowest BCUT2D eigenvalue weighted by molar-refractivity contribution is -0.125. The van der Waals surface area contributed by atoms with Crippen molar-refractivity contribution in [2.75, 3.05) is 13.2 Å². The summed E-state index contributed by atoms with van der Waals surface area (Å²) in [5.41, 5.74) is 0.983. The fourth-order valence-corrected chi connectivity index (χ4v) is 2.79. The molecular weight excluding hydrogens is 313 g/mol. The Labute approximate surface area is 139 Å². The quantitative estimate of drug-likeness (QED) is 0.909. The summed E-state index contributed by atoms with van der Waals surface area (Å²) in [6, 6.07) is 6.02. The van der Waals surface area contributed by atoms with E-state index >= 15 is 0 Å². The van der Waals surface area contributed by atoms with Gasteiger partial charge in [0.25, 0.3) is 5.91 Å². The zero-order chi connectivity index (χ0) is 16.9. The molecule has 0 radical (unpaired) electrons. The minimum atomic E-state index is -0.479. The molecule has 0 aliphatic carbocycles. The first-order valence-corrected chi connectivity index (χ1v) is 7.88. The van der Waals surface area contributed by atoms with E-state index in [1.807, 2.05) is 11.6 Å². The van der Waals surface area contributed by atoms with Crippen molar-refractivity contribution in [2.24, 2.45) is 7.05 Å². The minimum absolute atomic E-state index is 0.00429. The topological polar surface area (TPSA) is 65.4 Å². The molecule has 1 amide bonds. The van der Waals surface area contributed by atoms with E-state index in [0.717, 1.165) is 12.1 Å². The molecule has 0 unspecified atom stereocenters. The highest BCUT2D eigenvalue weighted by atomic mass is 19.1. The largest absolute Gasteiger partial charge is 0.481 e. The highest BCUT2D eigenvalue weighted by Crippen LogP contribution is 2.27. The molecular formula is C17H20FN3O3. The molecule has 1 aromatic heterocycles. The predicted molar refractivity (Wildman–Crippen MR) is 85.0 cm³/mol. The molecule has 0 bridgehead atoms. The molecule has 0 spiro atoms. The lowest BCUT2D eigenvalue weighted by atomic mass is 10.0. The van der Waals surface area contributed by atoms with Gasteiger partial charge in [-0.05, 0) is 25.0 Å². The van der Waals surface area contributed by atoms with Crippen LogP contribution in [-0.4, -0.2) is 34.7 Å². The van der Waals surface area contributed by atoms with Gasteiger partial charge in [0.15, 0.2) is 18.2 Å². The molecule has 1 saturated heterocycles. The van der Waals surface area contributed by atoms with Crippen LogP contribution in [0.1, 0.15) is 24.6 Å². The lowest BCUT2D eigenvalue weighted by Crippen LogP contribution is -2.42. The van der Waals surface area contributed by atoms with E-state index in [-0.39, 0.29) is 30.4 Å². The first-order valence-electron chi connectivity index (χ1n) is 7.88. The molecule has 1 aliphatic heterocycles. The summed E-state index contributed by atoms with van der Waals surface area (Å²) in [6.07, 6.45) is 4.81. The van der Waals surface area contributed by atoms with E-state index in [1.54, 1.807) is 24.7 Å². The van der Waals surface area contributed by atoms with Crippen LogP contribution in [0.2, 0.25) is 0 Å². The van der Waals surface area contributed by atoms with Crippen LogP contribution in [0.3, 0.4) is 0 Å². The van der Waals surface area contributed by atoms with Crippen LogP contribution in [0.15, 0.2) is 36.8 Å². The molecule has 3 rings (SSSR count). The lowest BCUT2D eigenvalue weighted by Gasteiger charge is -2.30. The Kier molecular flexibility index (Phi) is 5.10. The van der Waals surface area contributed by atoms with Gasteiger partial charge in [-0.1, -0.05) is 12.1 Å². The number of aromatic nitrogens is 2. The molecule has 1 aliphatic rings. The highest BCUT2D eigenvalue weighted by Gasteiger charge is 2.26. The molecule has 6 nitrogen and oxygen atoms in total. The molecule has 2 atom stereocenters. The zero-order valence-electron chi connectivity index (χ0n) is 13.4. The molecule has 2 heterocycles. The van der Waals surface area contributed by atoms with Crippen molar-refractivity contribution in [1.82, 2.24) is 14.9 Å². The van der Waals surface area contributed by atoms with E-state index in [1.165, 1.54) is 12.1 Å². The second kappa shape index (κ2) is 7.44. The Morgan fingerprint density at radius 3 is 3.08 bits per heavy atom. The number of halogens is 1. The zero-order valence-corrected chi connectivity index (χ0v) is 13.4. The van der Waals surface area contributed by atoms with Gasteiger partial charge in [-0.2, -0.15) is 0 Å². The fourth-order valence-electron chi connectivity index (χ4n) is 2.79. The summed E-state index contributed by atoms with van der Waals surface area (Å²) >= 11 is 0. The second-order valence-corrected chi connectivity index (χ2v) is 5.80. The van der Waals surface area contributed by atoms with Crippen molar-refractivity contribution in [3.05, 3.63) is 48.3 Å². The normalized spacial score (nSPS) is 20.6. The molecule has 128 valence electrons. The Bertz CT molecular complexity index is 704. The third-order valence-electron chi connectivity index (χ3n) is 4.03. The van der Waals surface area contributed by atoms with Crippen LogP contribution in [0.5, 0.6) is 5.75 Å². The van der Waals surface area contributed by atoms with E-state index < -0.39 is 5.82 Å². The van der Waals surface area contributed by atoms with Crippen LogP contribution in [0.4, 0.5) is 4.39 Å². The van der Waals surface area contributed by atoms with Gasteiger partial charge < -0.3 is 19.4 Å². The van der Waals surface area contributed by atoms with Crippen molar-refractivity contribution >= 4 is 5.91 Å². The van der Waals surface area contributed by atoms with Crippen molar-refractivity contribution in [3.63, 3.8) is 0 Å². The summed E-state index contributed by atoms with van der Waals surface area (Å²) < 4.78 is 26.4. The number of rotatable bonds is 5. The standard InChI is InChI=1S/C17H20FN3O3/c1-21-11-19-9-14(21)16-8-12(6-7-23-16)20-17(22)10-24-15-5-3-2-4-13(15)18/h2-5,9,11-12,16H,6-8,10H2,1H3,(H,20,22)/t12-,16+/m0/s1. The number of aryl methyl sites for hydroxylation is 1. The Morgan fingerprint density at radius 2 is 2.33 bits per heavy atom. The number of carbonyl (C=O) groups excluding carboxylic acids is 1. The molecule has 1 N–H and O–H groups in total. The number of para-hydroxylation sites is 1. The summed E-state index contributed by atoms with van der Waals surface area (Å²) in [5.74, 6) is -0.672. The molecule has 0 saturated carbocycles. The average Bonchev–Trinajstić information content (AvgIpc) is 3.00. The van der Waals surface area contributed by atoms with E-state index in [4.69, 9.17) is 9.47 Å². The van der Waals surface area contributed by atoms with Crippen molar-refractivity contribution in [3.8, 4) is 5.75 Å². The van der Waals surface area contributed by atoms with Crippen LogP contribution < -0.4 is 10.1 Å². The smallest absolute Gasteiger partial charge is 0.258 e. The van der Waals surface area contributed by atoms with E-state index in [2.05, 4.69) is 10.3 Å². The van der Waals surface area contributed by atoms with E-state index in [0.29, 0.717) is 13.0 Å². The number of ether oxygens (including phenoxy) is 2. The molecule has 1 fully saturated rings. The van der Waals surface area contributed by atoms with Gasteiger partial charge in [0.05, 0.1) is 18.2 Å². The van der Waals surface area contributed by atoms with Gasteiger partial charge in [-0.25, -0.2) is 9.37 Å². The van der Waals surface area contributed by atoms with Crippen molar-refractivity contribution in [2.45, 2.75) is 25.0 Å². The molecule has 2 aromatic rings. The van der Waals surface area contributed by atoms with Crippen molar-refractivity contribution in [1.29, 1.82) is 0 Å². The first kappa shape index (κ1) is 16.4. The first-order chi connectivity index (χ1) is 11.6. The van der Waals surface area contributed by atoms with Gasteiger partial charge in [0.2, 0.25) is 0 Å². The molecule has 24 heavy (non-hydrogen) atoms. The summed E-state index contributed by atoms with van der Waals surface area (Å²) in [4.78, 5) is 16.1. The SMILES string of the molecule is Cn1cncc1[C@H]1C[C@@H](NC(=O)COc2ccccc2F)CCO1. The average molecular weight is 333 g/mol. The number of carbonyl (C=O) groups is 1. The minimum Gasteiger partial charge on any atom is -0.481 e. The summed E-state index contributed by atoms with van der Waals surface area (Å²) in [5, 5.41) is 2.92. The summed E-state index contributed by atoms with van der Waals surface area (Å²) in [7, 11) is 1.91. The number of benzene rings is 1. The fraction of sp³-hybridized carbons (Fsp3) is 0.412. The number of hydrogen-bond donors (Lipinski definition) is 1. The van der Waals surface area contributed by atoms with Gasteiger partial charge in [-0.3, -0.25) is 4.79 Å². The number of imidazole rings is 1. The Hall–Kier alpha value is -2.41. The summed E-state index contributed by atoms with van der Waals surface area (Å²) in [6.45, 7) is 0.351. The van der Waals surface area contributed by atoms with Gasteiger partial charge in [0, 0.05) is 19.7 Å². The number of nitrogens with one attached hydrogen (secondary N) is 1. The maximum Gasteiger partial charge on any atom is 0.258 e. The Balaban J connectivity index is 1.51. The Morgan fingerprint density at radius 1 is 1.50 bits per heavy atom. The van der Waals surface area contributed by atoms with Crippen LogP contribution in [-0.2, 0) is 16.6 Å². The molecule has 1 aromatic carbocycles. The second-order valence-electron chi connectivity index (χ2n) is 5.80. The van der Waals surface area contributed by atoms with Crippen LogP contribution >= 0.6 is 0 Å². The van der Waals surface area contributed by atoms with Crippen LogP contribution in [0.25, 0.3) is 0 Å². The number of nitrogens with zero attached hydrogens (tertiary/aromatic N) is 2. The number of hydrogen-bond acceptors (Lipinski definition) is 4. The van der Waals surface area contributed by atoms with E-state index in [9.17, 15) is 9.18 Å². The molecule has 7 heteroatoms. The third kappa shape index (κ3) is 3.91. The van der Waals surface area contributed by atoms with Crippen molar-refractivity contribution < 1.29 is 18.7 Å². The van der Waals surface area contributed by atoms with Crippen LogP contribution in [0, 0.1) is 5.82 Å². The van der Waals surface area contributed by atoms with Gasteiger partial charge >= 0.3 is 0 Å². The van der Waals surface area contributed by atoms with Gasteiger partial charge in [-0.15, -0.1) is 0 Å². The highest BCUT2D eigenvalue weighted by molar-refractivity contribution is 5.77. The predicted octanol–water partition coefficient (Wildman–Crippen LogP) is 1.97. The maximum absolute atomic E-state index is 13.5. The number of amides is 1. The monoisotopic (exact) mass is 333 g/mol. The third-order valence-corrected chi connectivity index (χ3v) is 4.03. The van der Waals surface area contributed by atoms with Gasteiger partial charge in [0.1, 0.15) is 6.10 Å². The maximum atomic E-state index is 13.5.